The number of anilines is 1. The maximum atomic E-state index is 12.9. The molecule has 1 N–H and O–H groups in total. The molecule has 1 aromatic heterocycles. The third-order valence-corrected chi connectivity index (χ3v) is 7.17. The third-order valence-electron chi connectivity index (χ3n) is 4.51. The van der Waals surface area contributed by atoms with E-state index in [1.165, 1.54) is 10.4 Å². The van der Waals surface area contributed by atoms with Crippen LogP contribution in [-0.4, -0.2) is 41.3 Å². The molecule has 1 aromatic carbocycles. The fourth-order valence-electron chi connectivity index (χ4n) is 2.94. The van der Waals surface area contributed by atoms with Gasteiger partial charge in [-0.3, -0.25) is 4.79 Å². The zero-order valence-electron chi connectivity index (χ0n) is 14.9. The van der Waals surface area contributed by atoms with Gasteiger partial charge >= 0.3 is 0 Å². The van der Waals surface area contributed by atoms with Crippen molar-refractivity contribution in [3.05, 3.63) is 34.3 Å². The van der Waals surface area contributed by atoms with Gasteiger partial charge in [0.15, 0.2) is 0 Å². The molecule has 0 atom stereocenters. The molecule has 1 amide bonds. The van der Waals surface area contributed by atoms with Crippen molar-refractivity contribution in [1.29, 1.82) is 0 Å². The van der Waals surface area contributed by atoms with Crippen LogP contribution in [0, 0.1) is 6.92 Å². The average Bonchev–Trinajstić information content (AvgIpc) is 3.13. The number of nitrogens with one attached hydrogen (secondary N) is 1. The second-order valence-corrected chi connectivity index (χ2v) is 8.99. The second-order valence-electron chi connectivity index (χ2n) is 6.30. The first kappa shape index (κ1) is 18.9. The van der Waals surface area contributed by atoms with Crippen LogP contribution in [0.15, 0.2) is 23.1 Å². The van der Waals surface area contributed by atoms with E-state index < -0.39 is 10.0 Å². The smallest absolute Gasteiger partial charge is 0.269 e. The molecule has 0 bridgehead atoms. The molecule has 26 heavy (non-hydrogen) atoms. The van der Waals surface area contributed by atoms with Gasteiger partial charge < -0.3 is 5.32 Å². The Hall–Kier alpha value is -1.84. The zero-order chi connectivity index (χ0) is 18.7. The number of nitrogens with zero attached hydrogens (tertiary/aromatic N) is 3. The first-order valence-corrected chi connectivity index (χ1v) is 10.9. The van der Waals surface area contributed by atoms with Crippen molar-refractivity contribution < 1.29 is 13.2 Å². The number of carbonyl (C=O) groups is 1. The quantitative estimate of drug-likeness (QED) is 0.842. The molecule has 1 saturated heterocycles. The fourth-order valence-corrected chi connectivity index (χ4v) is 5.13. The summed E-state index contributed by atoms with van der Waals surface area (Å²) in [4.78, 5) is 13.2. The molecule has 1 aliphatic rings. The molecule has 0 spiro atoms. The van der Waals surface area contributed by atoms with E-state index in [1.807, 2.05) is 13.8 Å². The number of piperidine rings is 1. The van der Waals surface area contributed by atoms with Crippen LogP contribution in [0.25, 0.3) is 0 Å². The van der Waals surface area contributed by atoms with Crippen LogP contribution in [0.3, 0.4) is 0 Å². The lowest BCUT2D eigenvalue weighted by Gasteiger charge is -2.26. The minimum Gasteiger partial charge on any atom is -0.321 e. The number of rotatable bonds is 5. The van der Waals surface area contributed by atoms with Crippen LogP contribution in [0.1, 0.15) is 47.1 Å². The van der Waals surface area contributed by atoms with Crippen molar-refractivity contribution in [1.82, 2.24) is 13.9 Å². The number of hydrogen-bond acceptors (Lipinski definition) is 6. The van der Waals surface area contributed by atoms with Gasteiger partial charge in [-0.05, 0) is 55.4 Å². The van der Waals surface area contributed by atoms with E-state index in [4.69, 9.17) is 0 Å². The largest absolute Gasteiger partial charge is 0.321 e. The predicted octanol–water partition coefficient (Wildman–Crippen LogP) is 2.84. The van der Waals surface area contributed by atoms with Gasteiger partial charge in [-0.25, -0.2) is 8.42 Å². The van der Waals surface area contributed by atoms with E-state index in [9.17, 15) is 13.2 Å². The Kier molecular flexibility index (Phi) is 5.69. The highest BCUT2D eigenvalue weighted by Crippen LogP contribution is 2.26. The van der Waals surface area contributed by atoms with Gasteiger partial charge in [-0.1, -0.05) is 23.9 Å². The number of sulfonamides is 1. The van der Waals surface area contributed by atoms with Crippen LogP contribution in [-0.2, 0) is 16.4 Å². The summed E-state index contributed by atoms with van der Waals surface area (Å²) >= 11 is 1.04. The molecule has 3 rings (SSSR count). The van der Waals surface area contributed by atoms with Gasteiger partial charge in [0.2, 0.25) is 10.0 Å². The number of benzene rings is 1. The molecule has 1 fully saturated rings. The molecular weight excluding hydrogens is 372 g/mol. The van der Waals surface area contributed by atoms with Crippen molar-refractivity contribution in [3.8, 4) is 0 Å². The summed E-state index contributed by atoms with van der Waals surface area (Å²) < 4.78 is 31.1. The number of aryl methyl sites for hydroxylation is 2. The number of hydrogen-bond donors (Lipinski definition) is 1. The van der Waals surface area contributed by atoms with Crippen LogP contribution in [0.2, 0.25) is 0 Å². The van der Waals surface area contributed by atoms with E-state index >= 15 is 0 Å². The monoisotopic (exact) mass is 394 g/mol. The summed E-state index contributed by atoms with van der Waals surface area (Å²) in [6.45, 7) is 4.83. The SMILES string of the molecule is CCc1nnsc1C(=O)Nc1cc(S(=O)(=O)N2CCCCC2)ccc1C. The highest BCUT2D eigenvalue weighted by molar-refractivity contribution is 7.89. The predicted molar refractivity (Wildman–Crippen MR) is 101 cm³/mol. The van der Waals surface area contributed by atoms with Crippen LogP contribution >= 0.6 is 11.5 Å². The van der Waals surface area contributed by atoms with Crippen molar-refractivity contribution in [2.45, 2.75) is 44.4 Å². The lowest BCUT2D eigenvalue weighted by atomic mass is 10.2. The molecule has 0 radical (unpaired) electrons. The number of carbonyl (C=O) groups excluding carboxylic acids is 1. The van der Waals surface area contributed by atoms with E-state index in [2.05, 4.69) is 14.9 Å². The highest BCUT2D eigenvalue weighted by Gasteiger charge is 2.26. The maximum absolute atomic E-state index is 12.9. The second kappa shape index (κ2) is 7.81. The Morgan fingerprint density at radius 2 is 2.00 bits per heavy atom. The molecule has 140 valence electrons. The molecule has 0 unspecified atom stereocenters. The normalized spacial score (nSPS) is 15.8. The zero-order valence-corrected chi connectivity index (χ0v) is 16.5. The molecule has 2 aromatic rings. The molecular formula is C17H22N4O3S2. The van der Waals surface area contributed by atoms with Crippen molar-refractivity contribution in [2.75, 3.05) is 18.4 Å². The average molecular weight is 395 g/mol. The fraction of sp³-hybridized carbons (Fsp3) is 0.471. The first-order valence-electron chi connectivity index (χ1n) is 8.67. The van der Waals surface area contributed by atoms with E-state index in [0.717, 1.165) is 36.4 Å². The lowest BCUT2D eigenvalue weighted by molar-refractivity contribution is 0.102. The van der Waals surface area contributed by atoms with Gasteiger partial charge in [0.1, 0.15) is 4.88 Å². The summed E-state index contributed by atoms with van der Waals surface area (Å²) in [5.74, 6) is -0.313. The first-order chi connectivity index (χ1) is 12.4. The van der Waals surface area contributed by atoms with Crippen LogP contribution in [0.5, 0.6) is 0 Å². The maximum Gasteiger partial charge on any atom is 0.269 e. The Morgan fingerprint density at radius 1 is 1.27 bits per heavy atom. The van der Waals surface area contributed by atoms with E-state index in [-0.39, 0.29) is 10.8 Å². The molecule has 9 heteroatoms. The third kappa shape index (κ3) is 3.79. The number of aromatic nitrogens is 2. The minimum atomic E-state index is -3.54. The van der Waals surface area contributed by atoms with Crippen LogP contribution in [0.4, 0.5) is 5.69 Å². The topological polar surface area (TPSA) is 92.3 Å². The molecule has 0 saturated carbocycles. The summed E-state index contributed by atoms with van der Waals surface area (Å²) in [5.41, 5.74) is 1.93. The minimum absolute atomic E-state index is 0.207. The van der Waals surface area contributed by atoms with Crippen LogP contribution < -0.4 is 5.32 Å². The summed E-state index contributed by atoms with van der Waals surface area (Å²) in [5, 5.41) is 6.75. The van der Waals surface area contributed by atoms with Gasteiger partial charge in [0.05, 0.1) is 10.6 Å². The Balaban J connectivity index is 1.87. The van der Waals surface area contributed by atoms with Gasteiger partial charge in [-0.15, -0.1) is 5.10 Å². The van der Waals surface area contributed by atoms with Gasteiger partial charge in [0.25, 0.3) is 5.91 Å². The van der Waals surface area contributed by atoms with Gasteiger partial charge in [0, 0.05) is 18.8 Å². The summed E-state index contributed by atoms with van der Waals surface area (Å²) in [6, 6.07) is 4.86. The Labute approximate surface area is 157 Å². The Bertz CT molecular complexity index is 902. The molecule has 0 aliphatic carbocycles. The molecule has 2 heterocycles. The Morgan fingerprint density at radius 3 is 2.69 bits per heavy atom. The summed E-state index contributed by atoms with van der Waals surface area (Å²) in [6.07, 6.45) is 3.44. The van der Waals surface area contributed by atoms with Crippen molar-refractivity contribution >= 4 is 33.2 Å². The lowest BCUT2D eigenvalue weighted by Crippen LogP contribution is -2.35. The van der Waals surface area contributed by atoms with E-state index in [1.54, 1.807) is 12.1 Å². The standard InChI is InChI=1S/C17H22N4O3S2/c1-3-14-16(25-20-19-14)17(22)18-15-11-13(8-7-12(15)2)26(23,24)21-9-5-4-6-10-21/h7-8,11H,3-6,9-10H2,1-2H3,(H,18,22). The van der Waals surface area contributed by atoms with E-state index in [0.29, 0.717) is 35.8 Å². The van der Waals surface area contributed by atoms with Crippen molar-refractivity contribution in [2.24, 2.45) is 0 Å². The van der Waals surface area contributed by atoms with Gasteiger partial charge in [-0.2, -0.15) is 4.31 Å². The number of amides is 1. The molecule has 7 nitrogen and oxygen atoms in total. The van der Waals surface area contributed by atoms with Crippen molar-refractivity contribution in [3.63, 3.8) is 0 Å². The summed E-state index contributed by atoms with van der Waals surface area (Å²) in [7, 11) is -3.54. The highest BCUT2D eigenvalue weighted by atomic mass is 32.2. The molecule has 1 aliphatic heterocycles.